The van der Waals surface area contributed by atoms with Gasteiger partial charge < -0.3 is 5.11 Å². The van der Waals surface area contributed by atoms with Crippen molar-refractivity contribution < 1.29 is 23.1 Å². The monoisotopic (exact) mass is 369 g/mol. The van der Waals surface area contributed by atoms with Crippen molar-refractivity contribution in [3.8, 4) is 6.07 Å². The Morgan fingerprint density at radius 3 is 2.19 bits per heavy atom. The molecule has 0 aliphatic rings. The number of rotatable bonds is 4. The third kappa shape index (κ3) is 3.49. The minimum atomic E-state index is -4.67. The van der Waals surface area contributed by atoms with E-state index in [0.717, 1.165) is 11.5 Å². The molecule has 2 unspecified atom stereocenters. The van der Waals surface area contributed by atoms with E-state index in [1.54, 1.807) is 48.5 Å². The lowest BCUT2D eigenvalue weighted by molar-refractivity contribution is -0.142. The molecule has 3 aromatic rings. The van der Waals surface area contributed by atoms with Crippen LogP contribution in [0.3, 0.4) is 0 Å². The summed E-state index contributed by atoms with van der Waals surface area (Å²) in [5, 5.41) is 20.3. The van der Waals surface area contributed by atoms with E-state index in [1.807, 2.05) is 0 Å². The van der Waals surface area contributed by atoms with Crippen LogP contribution in [0.5, 0.6) is 0 Å². The Morgan fingerprint density at radius 1 is 0.926 bits per heavy atom. The molecular formula is C21H14F3NO2. The highest BCUT2D eigenvalue weighted by atomic mass is 19.4. The first-order valence-corrected chi connectivity index (χ1v) is 8.11. The summed E-state index contributed by atoms with van der Waals surface area (Å²) in [7, 11) is 0. The summed E-state index contributed by atoms with van der Waals surface area (Å²) in [5.74, 6) is -4.40. The van der Waals surface area contributed by atoms with E-state index in [2.05, 4.69) is 0 Å². The second-order valence-corrected chi connectivity index (χ2v) is 6.08. The van der Waals surface area contributed by atoms with Crippen LogP contribution in [0.1, 0.15) is 22.6 Å². The van der Waals surface area contributed by atoms with Crippen molar-refractivity contribution in [2.75, 3.05) is 0 Å². The van der Waals surface area contributed by atoms with Gasteiger partial charge in [-0.2, -0.15) is 18.4 Å². The van der Waals surface area contributed by atoms with Gasteiger partial charge in [-0.3, -0.25) is 4.79 Å². The maximum Gasteiger partial charge on any atom is 0.416 e. The summed E-state index contributed by atoms with van der Waals surface area (Å²) in [6.45, 7) is 0. The Balaban J connectivity index is 2.36. The minimum absolute atomic E-state index is 0.227. The maximum atomic E-state index is 13.6. The summed E-state index contributed by atoms with van der Waals surface area (Å²) < 4.78 is 40.7. The fourth-order valence-electron chi connectivity index (χ4n) is 3.35. The Hall–Kier alpha value is -3.33. The molecule has 27 heavy (non-hydrogen) atoms. The van der Waals surface area contributed by atoms with Crippen molar-refractivity contribution >= 4 is 16.7 Å². The van der Waals surface area contributed by atoms with Crippen LogP contribution >= 0.6 is 0 Å². The quantitative estimate of drug-likeness (QED) is 0.686. The van der Waals surface area contributed by atoms with Gasteiger partial charge in [0.25, 0.3) is 0 Å². The summed E-state index contributed by atoms with van der Waals surface area (Å²) in [6, 6.07) is 18.5. The topological polar surface area (TPSA) is 61.1 Å². The van der Waals surface area contributed by atoms with E-state index in [1.165, 1.54) is 18.2 Å². The number of hydrogen-bond donors (Lipinski definition) is 1. The Morgan fingerprint density at radius 2 is 1.52 bits per heavy atom. The van der Waals surface area contributed by atoms with Crippen molar-refractivity contribution in [2.45, 2.75) is 12.1 Å². The fraction of sp³-hybridized carbons (Fsp3) is 0.143. The molecule has 1 N–H and O–H groups in total. The molecule has 0 saturated heterocycles. The van der Waals surface area contributed by atoms with E-state index in [4.69, 9.17) is 0 Å². The zero-order valence-electron chi connectivity index (χ0n) is 13.9. The van der Waals surface area contributed by atoms with Gasteiger partial charge in [0, 0.05) is 5.92 Å². The predicted octanol–water partition coefficient (Wildman–Crippen LogP) is 5.21. The van der Waals surface area contributed by atoms with Gasteiger partial charge in [-0.15, -0.1) is 0 Å². The Bertz CT molecular complexity index is 1030. The number of aliphatic carboxylic acids is 1. The first-order valence-electron chi connectivity index (χ1n) is 8.11. The van der Waals surface area contributed by atoms with Gasteiger partial charge in [-0.25, -0.2) is 0 Å². The Kier molecular flexibility index (Phi) is 4.87. The number of fused-ring (bicyclic) bond motifs is 1. The van der Waals surface area contributed by atoms with Crippen LogP contribution in [-0.4, -0.2) is 11.1 Å². The van der Waals surface area contributed by atoms with Crippen molar-refractivity contribution in [2.24, 2.45) is 5.92 Å². The van der Waals surface area contributed by atoms with Crippen LogP contribution in [-0.2, 0) is 11.0 Å². The molecular weight excluding hydrogens is 355 g/mol. The van der Waals surface area contributed by atoms with Crippen LogP contribution in [0.15, 0.2) is 66.7 Å². The molecule has 0 aliphatic carbocycles. The number of nitrogens with zero attached hydrogens (tertiary/aromatic N) is 1. The molecule has 0 saturated carbocycles. The SMILES string of the molecule is N#CC(C(=O)O)C(c1ccccc1C(F)(F)F)c1cccc2ccccc12. The van der Waals surface area contributed by atoms with Crippen LogP contribution in [0.25, 0.3) is 10.8 Å². The van der Waals surface area contributed by atoms with E-state index >= 15 is 0 Å². The normalized spacial score (nSPS) is 13.7. The van der Waals surface area contributed by atoms with Crippen molar-refractivity contribution in [3.05, 3.63) is 83.4 Å². The zero-order chi connectivity index (χ0) is 19.6. The number of carboxylic acid groups (broad SMARTS) is 1. The molecule has 0 bridgehead atoms. The van der Waals surface area contributed by atoms with E-state index in [9.17, 15) is 28.3 Å². The summed E-state index contributed by atoms with van der Waals surface area (Å²) >= 11 is 0. The summed E-state index contributed by atoms with van der Waals surface area (Å²) in [5.41, 5.74) is -0.793. The van der Waals surface area contributed by atoms with Crippen molar-refractivity contribution in [1.29, 1.82) is 5.26 Å². The average Bonchev–Trinajstić information content (AvgIpc) is 2.64. The summed E-state index contributed by atoms with van der Waals surface area (Å²) in [4.78, 5) is 11.7. The highest BCUT2D eigenvalue weighted by Gasteiger charge is 2.40. The summed E-state index contributed by atoms with van der Waals surface area (Å²) in [6.07, 6.45) is -4.67. The molecule has 0 aliphatic heterocycles. The van der Waals surface area contributed by atoms with E-state index in [0.29, 0.717) is 10.9 Å². The standard InChI is InChI=1S/C21H14F3NO2/c22-21(23,24)18-11-4-3-9-16(18)19(17(12-25)20(26)27)15-10-5-7-13-6-1-2-8-14(13)15/h1-11,17,19H,(H,26,27). The average molecular weight is 369 g/mol. The van der Waals surface area contributed by atoms with Crippen LogP contribution in [0, 0.1) is 17.2 Å². The van der Waals surface area contributed by atoms with Crippen molar-refractivity contribution in [1.82, 2.24) is 0 Å². The maximum absolute atomic E-state index is 13.6. The molecule has 0 amide bonds. The van der Waals surface area contributed by atoms with Gasteiger partial charge in [-0.1, -0.05) is 60.7 Å². The third-order valence-corrected chi connectivity index (χ3v) is 4.50. The zero-order valence-corrected chi connectivity index (χ0v) is 13.9. The molecule has 0 radical (unpaired) electrons. The molecule has 3 aromatic carbocycles. The number of nitriles is 1. The number of benzene rings is 3. The number of halogens is 3. The smallest absolute Gasteiger partial charge is 0.416 e. The van der Waals surface area contributed by atoms with Gasteiger partial charge in [0.05, 0.1) is 11.6 Å². The van der Waals surface area contributed by atoms with Crippen molar-refractivity contribution in [3.63, 3.8) is 0 Å². The highest BCUT2D eigenvalue weighted by Crippen LogP contribution is 2.42. The lowest BCUT2D eigenvalue weighted by atomic mass is 9.77. The molecule has 6 heteroatoms. The van der Waals surface area contributed by atoms with Gasteiger partial charge in [-0.05, 0) is 28.0 Å². The van der Waals surface area contributed by atoms with E-state index in [-0.39, 0.29) is 5.56 Å². The lowest BCUT2D eigenvalue weighted by Crippen LogP contribution is -2.24. The molecule has 0 aromatic heterocycles. The minimum Gasteiger partial charge on any atom is -0.480 e. The predicted molar refractivity (Wildman–Crippen MR) is 94.0 cm³/mol. The molecule has 0 fully saturated rings. The largest absolute Gasteiger partial charge is 0.480 e. The molecule has 2 atom stereocenters. The fourth-order valence-corrected chi connectivity index (χ4v) is 3.35. The Labute approximate surface area is 153 Å². The van der Waals surface area contributed by atoms with Crippen LogP contribution < -0.4 is 0 Å². The highest BCUT2D eigenvalue weighted by molar-refractivity contribution is 5.88. The number of alkyl halides is 3. The van der Waals surface area contributed by atoms with Gasteiger partial charge >= 0.3 is 12.1 Å². The van der Waals surface area contributed by atoms with Crippen LogP contribution in [0.4, 0.5) is 13.2 Å². The first-order chi connectivity index (χ1) is 12.8. The van der Waals surface area contributed by atoms with Gasteiger partial charge in [0.1, 0.15) is 0 Å². The molecule has 0 heterocycles. The molecule has 136 valence electrons. The van der Waals surface area contributed by atoms with Gasteiger partial charge in [0.2, 0.25) is 0 Å². The molecule has 3 rings (SSSR count). The first kappa shape index (κ1) is 18.5. The lowest BCUT2D eigenvalue weighted by Gasteiger charge is -2.25. The second kappa shape index (κ2) is 7.12. The molecule has 0 spiro atoms. The number of carbonyl (C=O) groups is 1. The van der Waals surface area contributed by atoms with Crippen LogP contribution in [0.2, 0.25) is 0 Å². The van der Waals surface area contributed by atoms with Gasteiger partial charge in [0.15, 0.2) is 5.92 Å². The van der Waals surface area contributed by atoms with E-state index < -0.39 is 29.5 Å². The number of hydrogen-bond acceptors (Lipinski definition) is 2. The number of carboxylic acids is 1. The second-order valence-electron chi connectivity index (χ2n) is 6.08. The molecule has 3 nitrogen and oxygen atoms in total. The third-order valence-electron chi connectivity index (χ3n) is 4.50.